The fourth-order valence-electron chi connectivity index (χ4n) is 4.02. The number of rotatable bonds is 12. The molecule has 0 aliphatic heterocycles. The second-order valence-electron chi connectivity index (χ2n) is 8.22. The summed E-state index contributed by atoms with van der Waals surface area (Å²) in [5.74, 6) is 1.82. The smallest absolute Gasteiger partial charge is 0.153 e. The lowest BCUT2D eigenvalue weighted by atomic mass is 10.1. The van der Waals surface area contributed by atoms with Crippen LogP contribution in [0.4, 0.5) is 0 Å². The van der Waals surface area contributed by atoms with Crippen molar-refractivity contribution in [3.8, 4) is 23.0 Å². The minimum Gasteiger partial charge on any atom is -0.489 e. The average molecular weight is 509 g/mol. The van der Waals surface area contributed by atoms with E-state index in [1.807, 2.05) is 60.7 Å². The van der Waals surface area contributed by atoms with Crippen molar-refractivity contribution < 1.29 is 28.5 Å². The predicted molar refractivity (Wildman–Crippen MR) is 143 cm³/mol. The van der Waals surface area contributed by atoms with Crippen molar-refractivity contribution in [1.29, 1.82) is 0 Å². The van der Waals surface area contributed by atoms with Gasteiger partial charge in [-0.3, -0.25) is 19.6 Å². The number of ether oxygens (including phenoxy) is 4. The van der Waals surface area contributed by atoms with Gasteiger partial charge in [-0.05, 0) is 36.4 Å². The number of benzene rings is 3. The molecule has 0 amide bonds. The number of nitrogens with zero attached hydrogens (tertiary/aromatic N) is 2. The highest BCUT2D eigenvalue weighted by molar-refractivity contribution is 5.87. The van der Waals surface area contributed by atoms with E-state index in [0.717, 1.165) is 21.8 Å². The zero-order chi connectivity index (χ0) is 26.2. The molecule has 0 saturated carbocycles. The van der Waals surface area contributed by atoms with Gasteiger partial charge in [0.2, 0.25) is 0 Å². The minimum absolute atomic E-state index is 0.162. The van der Waals surface area contributed by atoms with Crippen molar-refractivity contribution in [3.63, 3.8) is 0 Å². The summed E-state index contributed by atoms with van der Waals surface area (Å²) in [6.45, 7) is 0.775. The van der Waals surface area contributed by atoms with Crippen molar-refractivity contribution in [3.05, 3.63) is 96.3 Å². The van der Waals surface area contributed by atoms with Crippen LogP contribution in [-0.4, -0.2) is 49.0 Å². The Balaban J connectivity index is 1.18. The molecule has 5 rings (SSSR count). The molecule has 0 saturated heterocycles. The number of carbonyl (C=O) groups is 2. The summed E-state index contributed by atoms with van der Waals surface area (Å²) in [4.78, 5) is 32.2. The first kappa shape index (κ1) is 24.7. The molecule has 2 heterocycles. The van der Waals surface area contributed by atoms with E-state index in [-0.39, 0.29) is 49.1 Å². The first-order chi connectivity index (χ1) is 18.8. The van der Waals surface area contributed by atoms with Crippen molar-refractivity contribution in [2.45, 2.75) is 0 Å². The third-order valence-electron chi connectivity index (χ3n) is 5.78. The Morgan fingerprint density at radius 2 is 0.921 bits per heavy atom. The van der Waals surface area contributed by atoms with E-state index >= 15 is 0 Å². The third kappa shape index (κ3) is 5.54. The zero-order valence-corrected chi connectivity index (χ0v) is 20.4. The van der Waals surface area contributed by atoms with E-state index < -0.39 is 0 Å². The Labute approximate surface area is 218 Å². The van der Waals surface area contributed by atoms with Crippen LogP contribution in [0.1, 0.15) is 20.7 Å². The van der Waals surface area contributed by atoms with E-state index in [1.54, 1.807) is 12.4 Å². The number of aldehydes is 2. The van der Waals surface area contributed by atoms with Gasteiger partial charge < -0.3 is 18.9 Å². The normalized spacial score (nSPS) is 10.7. The molecule has 8 nitrogen and oxygen atoms in total. The van der Waals surface area contributed by atoms with Crippen molar-refractivity contribution >= 4 is 34.4 Å². The topological polar surface area (TPSA) is 96.8 Å². The molecule has 0 aliphatic carbocycles. The third-order valence-corrected chi connectivity index (χ3v) is 5.78. The lowest BCUT2D eigenvalue weighted by Gasteiger charge is -2.14. The summed E-state index contributed by atoms with van der Waals surface area (Å²) in [5.41, 5.74) is 2.04. The summed E-state index contributed by atoms with van der Waals surface area (Å²) in [5, 5.41) is 1.94. The average Bonchev–Trinajstić information content (AvgIpc) is 2.97. The standard InChI is InChI=1S/C30H24N2O6/c33-19-23-18-28(38-16-14-36-26-10-2-6-22-8-4-12-32-30(22)26)24(20-34)17-27(23)37-15-13-35-25-9-1-5-21-7-3-11-31-29(21)25/h1-12,17-20H,13-16H2. The van der Waals surface area contributed by atoms with Gasteiger partial charge in [0.1, 0.15) is 60.5 Å². The number of hydrogen-bond donors (Lipinski definition) is 0. The predicted octanol–water partition coefficient (Wildman–Crippen LogP) is 5.32. The van der Waals surface area contributed by atoms with Gasteiger partial charge >= 0.3 is 0 Å². The van der Waals surface area contributed by atoms with E-state index in [2.05, 4.69) is 9.97 Å². The number of para-hydroxylation sites is 2. The Hall–Kier alpha value is -4.98. The van der Waals surface area contributed by atoms with E-state index in [9.17, 15) is 9.59 Å². The van der Waals surface area contributed by atoms with Crippen LogP contribution in [0, 0.1) is 0 Å². The summed E-state index contributed by atoms with van der Waals surface area (Å²) in [6, 6.07) is 22.0. The molecule has 0 radical (unpaired) electrons. The zero-order valence-electron chi connectivity index (χ0n) is 20.4. The molecule has 0 bridgehead atoms. The molecule has 3 aromatic carbocycles. The lowest BCUT2D eigenvalue weighted by molar-refractivity contribution is 0.110. The van der Waals surface area contributed by atoms with Crippen LogP contribution in [0.15, 0.2) is 85.2 Å². The molecule has 190 valence electrons. The van der Waals surface area contributed by atoms with Crippen LogP contribution in [0.25, 0.3) is 21.8 Å². The van der Waals surface area contributed by atoms with E-state index in [4.69, 9.17) is 18.9 Å². The minimum atomic E-state index is 0.162. The van der Waals surface area contributed by atoms with Crippen molar-refractivity contribution in [2.75, 3.05) is 26.4 Å². The fraction of sp³-hybridized carbons (Fsp3) is 0.133. The largest absolute Gasteiger partial charge is 0.489 e. The number of fused-ring (bicyclic) bond motifs is 2. The molecule has 0 fully saturated rings. The van der Waals surface area contributed by atoms with Crippen LogP contribution >= 0.6 is 0 Å². The van der Waals surface area contributed by atoms with Crippen LogP contribution in [-0.2, 0) is 0 Å². The molecule has 0 atom stereocenters. The van der Waals surface area contributed by atoms with Gasteiger partial charge in [0, 0.05) is 23.2 Å². The molecule has 8 heteroatoms. The Morgan fingerprint density at radius 3 is 1.34 bits per heavy atom. The van der Waals surface area contributed by atoms with Gasteiger partial charge in [-0.1, -0.05) is 36.4 Å². The molecule has 0 aliphatic rings. The van der Waals surface area contributed by atoms with Gasteiger partial charge in [-0.25, -0.2) is 0 Å². The summed E-state index contributed by atoms with van der Waals surface area (Å²) >= 11 is 0. The second-order valence-corrected chi connectivity index (χ2v) is 8.22. The van der Waals surface area contributed by atoms with E-state index in [1.165, 1.54) is 12.1 Å². The summed E-state index contributed by atoms with van der Waals surface area (Å²) < 4.78 is 23.2. The SMILES string of the molecule is O=Cc1cc(OCCOc2cccc3cccnc23)c(C=O)cc1OCCOc1cccc2cccnc12. The fourth-order valence-corrected chi connectivity index (χ4v) is 4.02. The summed E-state index contributed by atoms with van der Waals surface area (Å²) in [6.07, 6.45) is 4.73. The summed E-state index contributed by atoms with van der Waals surface area (Å²) in [7, 11) is 0. The number of pyridine rings is 2. The van der Waals surface area contributed by atoms with Crippen LogP contribution in [0.5, 0.6) is 23.0 Å². The van der Waals surface area contributed by atoms with Crippen LogP contribution < -0.4 is 18.9 Å². The van der Waals surface area contributed by atoms with Gasteiger partial charge in [0.15, 0.2) is 12.6 Å². The maximum Gasteiger partial charge on any atom is 0.153 e. The van der Waals surface area contributed by atoms with Gasteiger partial charge in [0.05, 0.1) is 11.1 Å². The maximum atomic E-state index is 11.7. The van der Waals surface area contributed by atoms with Crippen LogP contribution in [0.3, 0.4) is 0 Å². The first-order valence-electron chi connectivity index (χ1n) is 12.0. The quantitative estimate of drug-likeness (QED) is 0.165. The maximum absolute atomic E-state index is 11.7. The Morgan fingerprint density at radius 1 is 0.526 bits per heavy atom. The highest BCUT2D eigenvalue weighted by Gasteiger charge is 2.13. The van der Waals surface area contributed by atoms with Crippen LogP contribution in [0.2, 0.25) is 0 Å². The van der Waals surface area contributed by atoms with Gasteiger partial charge in [-0.2, -0.15) is 0 Å². The van der Waals surface area contributed by atoms with E-state index in [0.29, 0.717) is 24.1 Å². The monoisotopic (exact) mass is 508 g/mol. The molecule has 2 aromatic heterocycles. The molecule has 5 aromatic rings. The molecule has 38 heavy (non-hydrogen) atoms. The van der Waals surface area contributed by atoms with Crippen molar-refractivity contribution in [2.24, 2.45) is 0 Å². The number of carbonyl (C=O) groups excluding carboxylic acids is 2. The van der Waals surface area contributed by atoms with Crippen molar-refractivity contribution in [1.82, 2.24) is 9.97 Å². The lowest BCUT2D eigenvalue weighted by Crippen LogP contribution is -2.12. The van der Waals surface area contributed by atoms with Gasteiger partial charge in [0.25, 0.3) is 0 Å². The van der Waals surface area contributed by atoms with Gasteiger partial charge in [-0.15, -0.1) is 0 Å². The molecular weight excluding hydrogens is 484 g/mol. The second kappa shape index (κ2) is 11.8. The highest BCUT2D eigenvalue weighted by atomic mass is 16.5. The highest BCUT2D eigenvalue weighted by Crippen LogP contribution is 2.28. The Kier molecular flexibility index (Phi) is 7.69. The number of aromatic nitrogens is 2. The molecule has 0 N–H and O–H groups in total. The first-order valence-corrected chi connectivity index (χ1v) is 12.0. The number of hydrogen-bond acceptors (Lipinski definition) is 8. The Bertz CT molecular complexity index is 1460. The molecule has 0 spiro atoms. The molecular formula is C30H24N2O6. The molecule has 0 unspecified atom stereocenters.